The molecule has 10 nitrogen and oxygen atoms in total. The number of H-pyrrole nitrogens is 1. The van der Waals surface area contributed by atoms with Crippen LogP contribution in [0.15, 0.2) is 97.3 Å². The summed E-state index contributed by atoms with van der Waals surface area (Å²) in [5, 5.41) is 21.0. The number of aromatic amines is 1. The average molecular weight is 651 g/mol. The number of nitrogens with one attached hydrogen (secondary N) is 1. The number of carbonyl (C=O) groups excluding carboxylic acids is 1. The molecule has 3 aromatic heterocycles. The van der Waals surface area contributed by atoms with Gasteiger partial charge in [0, 0.05) is 46.3 Å². The van der Waals surface area contributed by atoms with Crippen molar-refractivity contribution in [3.05, 3.63) is 108 Å². The molecule has 1 unspecified atom stereocenters. The van der Waals surface area contributed by atoms with Crippen LogP contribution in [0.25, 0.3) is 55.6 Å². The lowest BCUT2D eigenvalue weighted by Gasteiger charge is -2.26. The molecule has 49 heavy (non-hydrogen) atoms. The molecule has 1 fully saturated rings. The Kier molecular flexibility index (Phi) is 7.45. The fourth-order valence-electron chi connectivity index (χ4n) is 7.17. The van der Waals surface area contributed by atoms with Crippen molar-refractivity contribution in [2.45, 2.75) is 50.1 Å². The Morgan fingerprint density at radius 1 is 0.878 bits per heavy atom. The number of aromatic hydroxyl groups is 1. The summed E-state index contributed by atoms with van der Waals surface area (Å²) in [6.45, 7) is 0. The van der Waals surface area contributed by atoms with Crippen LogP contribution in [0.5, 0.6) is 5.75 Å². The van der Waals surface area contributed by atoms with Crippen LogP contribution in [0.3, 0.4) is 0 Å². The van der Waals surface area contributed by atoms with Gasteiger partial charge in [-0.2, -0.15) is 0 Å². The minimum Gasteiger partial charge on any atom is -0.508 e. The Bertz CT molecular complexity index is 2390. The van der Waals surface area contributed by atoms with Gasteiger partial charge in [-0.05, 0) is 73.0 Å². The van der Waals surface area contributed by atoms with Crippen LogP contribution in [0.2, 0.25) is 0 Å². The third kappa shape index (κ3) is 5.40. The third-order valence-corrected chi connectivity index (χ3v) is 9.77. The second kappa shape index (κ2) is 12.0. The number of hydrogen-bond donors (Lipinski definition) is 4. The topological polar surface area (TPSA) is 160 Å². The minimum absolute atomic E-state index is 0.0301. The highest BCUT2D eigenvalue weighted by Crippen LogP contribution is 2.37. The number of ketones is 1. The number of aromatic nitrogens is 5. The van der Waals surface area contributed by atoms with E-state index >= 15 is 0 Å². The molecule has 0 amide bonds. The number of carboxylic acid groups (broad SMARTS) is 1. The number of carboxylic acids is 1. The molecule has 1 aliphatic carbocycles. The highest BCUT2D eigenvalue weighted by atomic mass is 16.4. The Morgan fingerprint density at radius 3 is 2.49 bits per heavy atom. The summed E-state index contributed by atoms with van der Waals surface area (Å²) >= 11 is 0. The molecule has 1 saturated carbocycles. The SMILES string of the molecule is NC(Cc1c[nH]c2ccc(O)cc12)(C(=O)O)C(=O)c1ccc2c(c1)nc(-c1ccc3ncc(-c4ccccc4)nc3c1)n2C1CCCCC1. The Balaban J connectivity index is 1.21. The van der Waals surface area contributed by atoms with E-state index in [2.05, 4.69) is 14.5 Å². The lowest BCUT2D eigenvalue weighted by atomic mass is 9.84. The van der Waals surface area contributed by atoms with Crippen LogP contribution in [0, 0.1) is 0 Å². The predicted molar refractivity (Wildman–Crippen MR) is 188 cm³/mol. The lowest BCUT2D eigenvalue weighted by molar-refractivity contribution is -0.141. The van der Waals surface area contributed by atoms with Crippen LogP contribution >= 0.6 is 0 Å². The van der Waals surface area contributed by atoms with Crippen molar-refractivity contribution >= 4 is 44.7 Å². The van der Waals surface area contributed by atoms with E-state index in [9.17, 15) is 19.8 Å². The number of aliphatic carboxylic acids is 1. The number of imidazole rings is 1. The number of nitrogens with two attached hydrogens (primary N) is 1. The highest BCUT2D eigenvalue weighted by molar-refractivity contribution is 6.17. The first-order valence-electron chi connectivity index (χ1n) is 16.5. The molecule has 4 aromatic carbocycles. The van der Waals surface area contributed by atoms with Crippen molar-refractivity contribution in [1.82, 2.24) is 24.5 Å². The van der Waals surface area contributed by atoms with E-state index in [1.165, 1.54) is 18.6 Å². The van der Waals surface area contributed by atoms with E-state index in [1.54, 1.807) is 30.6 Å². The maximum Gasteiger partial charge on any atom is 0.332 e. The molecule has 8 rings (SSSR count). The molecule has 10 heteroatoms. The summed E-state index contributed by atoms with van der Waals surface area (Å²) in [4.78, 5) is 44.4. The molecule has 244 valence electrons. The standard InChI is InChI=1S/C39H34N6O4/c40-39(38(48)49,20-26-21-41-30-15-13-28(46)19-29(26)30)36(47)24-12-16-35-33(17-24)44-37(45(35)27-9-5-2-6-10-27)25-11-14-31-32(18-25)43-34(22-42-31)23-7-3-1-4-8-23/h1,3-4,7-8,11-19,21-22,27,41,46H,2,5-6,9-10,20,40H2,(H,48,49). The van der Waals surface area contributed by atoms with Crippen molar-refractivity contribution < 1.29 is 19.8 Å². The number of fused-ring (bicyclic) bond motifs is 3. The molecule has 0 bridgehead atoms. The van der Waals surface area contributed by atoms with Crippen LogP contribution in [-0.2, 0) is 11.2 Å². The maximum absolute atomic E-state index is 14.0. The Hall–Kier alpha value is -5.87. The number of nitrogens with zero attached hydrogens (tertiary/aromatic N) is 4. The highest BCUT2D eigenvalue weighted by Gasteiger charge is 2.43. The van der Waals surface area contributed by atoms with Crippen LogP contribution in [0.4, 0.5) is 0 Å². The molecule has 0 radical (unpaired) electrons. The van der Waals surface area contributed by atoms with Gasteiger partial charge in [0.05, 0.1) is 34.0 Å². The van der Waals surface area contributed by atoms with Crippen LogP contribution in [-0.4, -0.2) is 52.0 Å². The number of benzene rings is 4. The van der Waals surface area contributed by atoms with Crippen molar-refractivity contribution in [2.24, 2.45) is 5.73 Å². The molecule has 3 heterocycles. The molecule has 0 spiro atoms. The summed E-state index contributed by atoms with van der Waals surface area (Å²) in [5.41, 5.74) is 11.2. The van der Waals surface area contributed by atoms with Gasteiger partial charge in [-0.25, -0.2) is 14.8 Å². The van der Waals surface area contributed by atoms with Crippen LogP contribution in [0.1, 0.15) is 54.1 Å². The number of rotatable bonds is 8. The zero-order valence-electron chi connectivity index (χ0n) is 26.6. The van der Waals surface area contributed by atoms with Gasteiger partial charge in [0.1, 0.15) is 11.6 Å². The maximum atomic E-state index is 14.0. The molecule has 0 saturated heterocycles. The Morgan fingerprint density at radius 2 is 1.69 bits per heavy atom. The number of Topliss-reactive ketones (excluding diaryl/α,β-unsaturated/α-hetero) is 1. The van der Waals surface area contributed by atoms with Gasteiger partial charge in [0.25, 0.3) is 0 Å². The molecular weight excluding hydrogens is 616 g/mol. The first-order valence-corrected chi connectivity index (χ1v) is 16.5. The summed E-state index contributed by atoms with van der Waals surface area (Å²) in [7, 11) is 0. The van der Waals surface area contributed by atoms with Crippen molar-refractivity contribution in [1.29, 1.82) is 0 Å². The summed E-state index contributed by atoms with van der Waals surface area (Å²) in [6.07, 6.45) is 8.58. The third-order valence-electron chi connectivity index (χ3n) is 9.77. The van der Waals surface area contributed by atoms with Crippen LogP contribution < -0.4 is 5.73 Å². The number of carbonyl (C=O) groups is 2. The molecule has 1 aliphatic rings. The fraction of sp³-hybridized carbons (Fsp3) is 0.205. The minimum atomic E-state index is -2.25. The van der Waals surface area contributed by atoms with E-state index < -0.39 is 17.3 Å². The monoisotopic (exact) mass is 650 g/mol. The normalized spacial score (nSPS) is 15.1. The molecule has 0 aliphatic heterocycles. The smallest absolute Gasteiger partial charge is 0.332 e. The lowest BCUT2D eigenvalue weighted by Crippen LogP contribution is -2.56. The van der Waals surface area contributed by atoms with Crippen molar-refractivity contribution in [2.75, 3.05) is 0 Å². The van der Waals surface area contributed by atoms with Crippen molar-refractivity contribution in [3.8, 4) is 28.4 Å². The molecular formula is C39H34N6O4. The fourth-order valence-corrected chi connectivity index (χ4v) is 7.17. The first kappa shape index (κ1) is 30.5. The van der Waals surface area contributed by atoms with Crippen molar-refractivity contribution in [3.63, 3.8) is 0 Å². The summed E-state index contributed by atoms with van der Waals surface area (Å²) < 4.78 is 2.27. The zero-order chi connectivity index (χ0) is 33.7. The van der Waals surface area contributed by atoms with Gasteiger partial charge >= 0.3 is 5.97 Å². The summed E-state index contributed by atoms with van der Waals surface area (Å²) in [5.74, 6) is -1.37. The predicted octanol–water partition coefficient (Wildman–Crippen LogP) is 7.21. The average Bonchev–Trinajstić information content (AvgIpc) is 3.71. The molecule has 1 atom stereocenters. The number of hydrogen-bond acceptors (Lipinski definition) is 7. The van der Waals surface area contributed by atoms with E-state index in [4.69, 9.17) is 15.7 Å². The zero-order valence-corrected chi connectivity index (χ0v) is 26.6. The van der Waals surface area contributed by atoms with Gasteiger partial charge in [0.15, 0.2) is 11.3 Å². The van der Waals surface area contributed by atoms with E-state index in [0.717, 1.165) is 64.9 Å². The van der Waals surface area contributed by atoms with Gasteiger partial charge in [-0.15, -0.1) is 0 Å². The summed E-state index contributed by atoms with van der Waals surface area (Å²) in [6, 6.07) is 26.0. The number of phenolic OH excluding ortho intramolecular Hbond substituents is 1. The first-order chi connectivity index (χ1) is 23.8. The van der Waals surface area contributed by atoms with E-state index in [1.807, 2.05) is 54.6 Å². The largest absolute Gasteiger partial charge is 0.508 e. The molecule has 5 N–H and O–H groups in total. The quantitative estimate of drug-likeness (QED) is 0.0991. The van der Waals surface area contributed by atoms with Gasteiger partial charge in [-0.1, -0.05) is 49.6 Å². The second-order valence-corrected chi connectivity index (χ2v) is 13.0. The number of phenols is 1. The van der Waals surface area contributed by atoms with E-state index in [0.29, 0.717) is 22.0 Å². The second-order valence-electron chi connectivity index (χ2n) is 13.0. The Labute approximate surface area is 281 Å². The van der Waals surface area contributed by atoms with E-state index in [-0.39, 0.29) is 23.8 Å². The van der Waals surface area contributed by atoms with Gasteiger partial charge in [-0.3, -0.25) is 9.78 Å². The van der Waals surface area contributed by atoms with Gasteiger partial charge in [0.2, 0.25) is 0 Å². The van der Waals surface area contributed by atoms with Gasteiger partial charge < -0.3 is 25.5 Å². The molecule has 7 aromatic rings.